The molecule has 20 heavy (non-hydrogen) atoms. The number of likely N-dealkylation sites (tertiary alicyclic amines) is 1. The fourth-order valence-corrected chi connectivity index (χ4v) is 2.68. The molecule has 5 nitrogen and oxygen atoms in total. The van der Waals surface area contributed by atoms with Crippen LogP contribution in [0, 0.1) is 6.92 Å². The van der Waals surface area contributed by atoms with E-state index in [2.05, 4.69) is 24.3 Å². The van der Waals surface area contributed by atoms with Gasteiger partial charge in [0.15, 0.2) is 5.76 Å². The molecule has 1 amide bonds. The molecule has 1 atom stereocenters. The van der Waals surface area contributed by atoms with E-state index in [0.717, 1.165) is 43.8 Å². The van der Waals surface area contributed by atoms with Gasteiger partial charge >= 0.3 is 0 Å². The number of hydrogen-bond acceptors (Lipinski definition) is 4. The minimum atomic E-state index is 0.0850. The predicted octanol–water partition coefficient (Wildman–Crippen LogP) is 2.42. The van der Waals surface area contributed by atoms with Gasteiger partial charge in [-0.05, 0) is 32.7 Å². The SMILES string of the molecule is Cc1cc(C2CCCN2C(=O)CCCNC(C)C)on1. The van der Waals surface area contributed by atoms with E-state index in [9.17, 15) is 4.79 Å². The summed E-state index contributed by atoms with van der Waals surface area (Å²) in [5.74, 6) is 1.06. The minimum Gasteiger partial charge on any atom is -0.359 e. The number of aryl methyl sites for hydroxylation is 1. The molecule has 1 unspecified atom stereocenters. The quantitative estimate of drug-likeness (QED) is 0.812. The maximum absolute atomic E-state index is 12.3. The number of aromatic nitrogens is 1. The van der Waals surface area contributed by atoms with Gasteiger partial charge in [0.2, 0.25) is 5.91 Å². The van der Waals surface area contributed by atoms with Crippen molar-refractivity contribution >= 4 is 5.91 Å². The number of carbonyl (C=O) groups is 1. The van der Waals surface area contributed by atoms with Gasteiger partial charge in [-0.25, -0.2) is 0 Å². The Morgan fingerprint density at radius 2 is 2.40 bits per heavy atom. The van der Waals surface area contributed by atoms with Gasteiger partial charge in [0, 0.05) is 25.1 Å². The molecule has 112 valence electrons. The molecule has 1 N–H and O–H groups in total. The molecule has 1 aromatic rings. The molecule has 0 saturated carbocycles. The lowest BCUT2D eigenvalue weighted by Gasteiger charge is -2.22. The molecular weight excluding hydrogens is 254 g/mol. The average Bonchev–Trinajstić information content (AvgIpc) is 3.02. The molecule has 0 aliphatic carbocycles. The Labute approximate surface area is 120 Å². The van der Waals surface area contributed by atoms with Gasteiger partial charge < -0.3 is 14.7 Å². The predicted molar refractivity (Wildman–Crippen MR) is 77.3 cm³/mol. The van der Waals surface area contributed by atoms with Crippen molar-refractivity contribution in [2.45, 2.75) is 58.5 Å². The molecule has 1 saturated heterocycles. The van der Waals surface area contributed by atoms with Crippen LogP contribution in [-0.4, -0.2) is 35.1 Å². The normalized spacial score (nSPS) is 19.0. The summed E-state index contributed by atoms with van der Waals surface area (Å²) < 4.78 is 5.33. The minimum absolute atomic E-state index is 0.0850. The molecule has 1 fully saturated rings. The van der Waals surface area contributed by atoms with Crippen molar-refractivity contribution in [3.63, 3.8) is 0 Å². The molecule has 0 aromatic carbocycles. The zero-order valence-electron chi connectivity index (χ0n) is 12.7. The van der Waals surface area contributed by atoms with Gasteiger partial charge in [0.1, 0.15) is 0 Å². The monoisotopic (exact) mass is 279 g/mol. The second-order valence-corrected chi connectivity index (χ2v) is 5.83. The largest absolute Gasteiger partial charge is 0.359 e. The van der Waals surface area contributed by atoms with Crippen molar-refractivity contribution < 1.29 is 9.32 Å². The van der Waals surface area contributed by atoms with Crippen LogP contribution in [0.5, 0.6) is 0 Å². The van der Waals surface area contributed by atoms with Crippen molar-refractivity contribution in [3.8, 4) is 0 Å². The first-order chi connectivity index (χ1) is 9.58. The first-order valence-electron chi connectivity index (χ1n) is 7.54. The van der Waals surface area contributed by atoms with E-state index in [1.54, 1.807) is 0 Å². The highest BCUT2D eigenvalue weighted by Crippen LogP contribution is 2.32. The maximum Gasteiger partial charge on any atom is 0.223 e. The van der Waals surface area contributed by atoms with Crippen LogP contribution in [0.1, 0.15) is 57.0 Å². The third kappa shape index (κ3) is 3.82. The number of amides is 1. The van der Waals surface area contributed by atoms with Crippen LogP contribution in [-0.2, 0) is 4.79 Å². The van der Waals surface area contributed by atoms with Crippen LogP contribution >= 0.6 is 0 Å². The first-order valence-corrected chi connectivity index (χ1v) is 7.54. The highest BCUT2D eigenvalue weighted by molar-refractivity contribution is 5.76. The van der Waals surface area contributed by atoms with Crippen LogP contribution in [0.3, 0.4) is 0 Å². The van der Waals surface area contributed by atoms with Crippen molar-refractivity contribution in [2.24, 2.45) is 0 Å². The summed E-state index contributed by atoms with van der Waals surface area (Å²) in [6, 6.07) is 2.50. The smallest absolute Gasteiger partial charge is 0.223 e. The molecule has 5 heteroatoms. The van der Waals surface area contributed by atoms with Crippen LogP contribution in [0.2, 0.25) is 0 Å². The topological polar surface area (TPSA) is 58.4 Å². The van der Waals surface area contributed by atoms with E-state index >= 15 is 0 Å². The Balaban J connectivity index is 1.85. The molecule has 0 radical (unpaired) electrons. The Morgan fingerprint density at radius 3 is 3.05 bits per heavy atom. The summed E-state index contributed by atoms with van der Waals surface area (Å²) in [5, 5.41) is 7.27. The first kappa shape index (κ1) is 15.0. The summed E-state index contributed by atoms with van der Waals surface area (Å²) >= 11 is 0. The third-order valence-electron chi connectivity index (χ3n) is 3.67. The molecule has 1 aliphatic heterocycles. The van der Waals surface area contributed by atoms with E-state index in [1.807, 2.05) is 17.9 Å². The lowest BCUT2D eigenvalue weighted by atomic mass is 10.1. The fourth-order valence-electron chi connectivity index (χ4n) is 2.68. The number of nitrogens with zero attached hydrogens (tertiary/aromatic N) is 2. The lowest BCUT2D eigenvalue weighted by Crippen LogP contribution is -2.31. The summed E-state index contributed by atoms with van der Waals surface area (Å²) in [7, 11) is 0. The fraction of sp³-hybridized carbons (Fsp3) is 0.733. The van der Waals surface area contributed by atoms with E-state index in [4.69, 9.17) is 4.52 Å². The number of hydrogen-bond donors (Lipinski definition) is 1. The molecule has 2 heterocycles. The standard InChI is InChI=1S/C15H25N3O2/c1-11(2)16-8-4-7-15(19)18-9-5-6-13(18)14-10-12(3)17-20-14/h10-11,13,16H,4-9H2,1-3H3. The van der Waals surface area contributed by atoms with E-state index in [1.165, 1.54) is 0 Å². The van der Waals surface area contributed by atoms with Crippen molar-refractivity contribution in [1.82, 2.24) is 15.4 Å². The Bertz CT molecular complexity index is 442. The van der Waals surface area contributed by atoms with Crippen molar-refractivity contribution in [2.75, 3.05) is 13.1 Å². The van der Waals surface area contributed by atoms with Crippen LogP contribution < -0.4 is 5.32 Å². The maximum atomic E-state index is 12.3. The molecule has 1 aliphatic rings. The number of nitrogens with one attached hydrogen (secondary N) is 1. The highest BCUT2D eigenvalue weighted by Gasteiger charge is 2.32. The van der Waals surface area contributed by atoms with Gasteiger partial charge in [-0.3, -0.25) is 4.79 Å². The summed E-state index contributed by atoms with van der Waals surface area (Å²) in [4.78, 5) is 14.3. The van der Waals surface area contributed by atoms with E-state index in [-0.39, 0.29) is 11.9 Å². The molecule has 0 spiro atoms. The summed E-state index contributed by atoms with van der Waals surface area (Å²) in [6.45, 7) is 7.87. The van der Waals surface area contributed by atoms with Gasteiger partial charge in [-0.2, -0.15) is 0 Å². The second-order valence-electron chi connectivity index (χ2n) is 5.83. The van der Waals surface area contributed by atoms with Crippen LogP contribution in [0.15, 0.2) is 10.6 Å². The van der Waals surface area contributed by atoms with Crippen molar-refractivity contribution in [3.05, 3.63) is 17.5 Å². The van der Waals surface area contributed by atoms with E-state index < -0.39 is 0 Å². The highest BCUT2D eigenvalue weighted by atomic mass is 16.5. The molecular formula is C15H25N3O2. The van der Waals surface area contributed by atoms with Gasteiger partial charge in [0.05, 0.1) is 11.7 Å². The molecule has 2 rings (SSSR count). The van der Waals surface area contributed by atoms with Gasteiger partial charge in [0.25, 0.3) is 0 Å². The second kappa shape index (κ2) is 6.88. The average molecular weight is 279 g/mol. The van der Waals surface area contributed by atoms with Crippen LogP contribution in [0.4, 0.5) is 0 Å². The van der Waals surface area contributed by atoms with E-state index in [0.29, 0.717) is 12.5 Å². The zero-order valence-corrected chi connectivity index (χ0v) is 12.7. The van der Waals surface area contributed by atoms with Gasteiger partial charge in [-0.15, -0.1) is 0 Å². The Hall–Kier alpha value is -1.36. The summed E-state index contributed by atoms with van der Waals surface area (Å²) in [6.07, 6.45) is 3.50. The lowest BCUT2D eigenvalue weighted by molar-refractivity contribution is -0.132. The molecule has 1 aromatic heterocycles. The number of rotatable bonds is 6. The van der Waals surface area contributed by atoms with Crippen LogP contribution in [0.25, 0.3) is 0 Å². The third-order valence-corrected chi connectivity index (χ3v) is 3.67. The summed E-state index contributed by atoms with van der Waals surface area (Å²) in [5.41, 5.74) is 0.875. The zero-order chi connectivity index (χ0) is 14.5. The number of carbonyl (C=O) groups excluding carboxylic acids is 1. The Morgan fingerprint density at radius 1 is 1.60 bits per heavy atom. The molecule has 0 bridgehead atoms. The van der Waals surface area contributed by atoms with Crippen molar-refractivity contribution in [1.29, 1.82) is 0 Å². The van der Waals surface area contributed by atoms with Gasteiger partial charge in [-0.1, -0.05) is 19.0 Å². The Kier molecular flexibility index (Phi) is 5.17.